The molecule has 5 heteroatoms. The Morgan fingerprint density at radius 2 is 2.00 bits per heavy atom. The van der Waals surface area contributed by atoms with E-state index in [0.717, 1.165) is 18.3 Å². The number of guanidine groups is 1. The van der Waals surface area contributed by atoms with Gasteiger partial charge in [0.15, 0.2) is 5.96 Å². The van der Waals surface area contributed by atoms with Gasteiger partial charge in [0, 0.05) is 25.6 Å². The van der Waals surface area contributed by atoms with E-state index in [2.05, 4.69) is 34.7 Å². The Balaban J connectivity index is 0.00000242. The molecule has 1 saturated carbocycles. The molecule has 0 bridgehead atoms. The Hall–Kier alpha value is -0.980. The smallest absolute Gasteiger partial charge is 0.191 e. The number of hydrogen-bond donors (Lipinski definition) is 2. The molecule has 1 aliphatic rings. The lowest BCUT2D eigenvalue weighted by atomic mass is 10.0. The molecule has 0 spiro atoms. The van der Waals surface area contributed by atoms with E-state index in [1.807, 2.05) is 19.2 Å². The first-order valence-electron chi connectivity index (χ1n) is 7.84. The van der Waals surface area contributed by atoms with Crippen molar-refractivity contribution in [2.45, 2.75) is 44.6 Å². The summed E-state index contributed by atoms with van der Waals surface area (Å²) in [5.74, 6) is 2.22. The number of aliphatic imine (C=N–C) groups is 1. The van der Waals surface area contributed by atoms with Crippen LogP contribution in [-0.2, 0) is 0 Å². The molecule has 2 rings (SSSR count). The summed E-state index contributed by atoms with van der Waals surface area (Å²) >= 11 is 0. The van der Waals surface area contributed by atoms with Crippen molar-refractivity contribution in [1.82, 2.24) is 10.6 Å². The van der Waals surface area contributed by atoms with E-state index in [-0.39, 0.29) is 24.0 Å². The summed E-state index contributed by atoms with van der Waals surface area (Å²) in [6.07, 6.45) is 5.16. The van der Waals surface area contributed by atoms with Gasteiger partial charge in [-0.05, 0) is 24.5 Å². The van der Waals surface area contributed by atoms with Gasteiger partial charge < -0.3 is 15.4 Å². The number of rotatable bonds is 5. The average Bonchev–Trinajstić information content (AvgIpc) is 3.04. The zero-order valence-corrected chi connectivity index (χ0v) is 16.1. The highest BCUT2D eigenvalue weighted by Gasteiger charge is 2.17. The Morgan fingerprint density at radius 1 is 1.32 bits per heavy atom. The lowest BCUT2D eigenvalue weighted by molar-refractivity contribution is 0.406. The molecule has 22 heavy (non-hydrogen) atoms. The molecule has 0 amide bonds. The minimum Gasteiger partial charge on any atom is -0.496 e. The van der Waals surface area contributed by atoms with Crippen molar-refractivity contribution in [3.05, 3.63) is 29.8 Å². The number of para-hydroxylation sites is 1. The fourth-order valence-electron chi connectivity index (χ4n) is 2.89. The monoisotopic (exact) mass is 417 g/mol. The standard InChI is InChI=1S/C17H27N3O.HI/c1-13(15-10-6-7-11-16(15)21-3)12-19-17(18-2)20-14-8-4-5-9-14;/h6-7,10-11,13-14H,4-5,8-9,12H2,1-3H3,(H2,18,19,20);1H. The van der Waals surface area contributed by atoms with Crippen molar-refractivity contribution in [1.29, 1.82) is 0 Å². The second-order valence-corrected chi connectivity index (χ2v) is 5.72. The van der Waals surface area contributed by atoms with Crippen LogP contribution in [0.3, 0.4) is 0 Å². The zero-order valence-electron chi connectivity index (χ0n) is 13.8. The predicted octanol–water partition coefficient (Wildman–Crippen LogP) is 3.52. The number of methoxy groups -OCH3 is 1. The normalized spacial score (nSPS) is 16.8. The second-order valence-electron chi connectivity index (χ2n) is 5.72. The third-order valence-corrected chi connectivity index (χ3v) is 4.17. The highest BCUT2D eigenvalue weighted by Crippen LogP contribution is 2.25. The van der Waals surface area contributed by atoms with Crippen LogP contribution in [0, 0.1) is 0 Å². The fourth-order valence-corrected chi connectivity index (χ4v) is 2.89. The number of benzene rings is 1. The van der Waals surface area contributed by atoms with Gasteiger partial charge in [0.25, 0.3) is 0 Å². The maximum atomic E-state index is 5.43. The third kappa shape index (κ3) is 5.34. The van der Waals surface area contributed by atoms with Gasteiger partial charge in [-0.25, -0.2) is 0 Å². The lowest BCUT2D eigenvalue weighted by Crippen LogP contribution is -2.43. The molecule has 0 aliphatic heterocycles. The molecule has 1 aromatic carbocycles. The Bertz CT molecular complexity index is 473. The molecule has 0 aromatic heterocycles. The lowest BCUT2D eigenvalue weighted by Gasteiger charge is -2.20. The number of nitrogens with zero attached hydrogens (tertiary/aromatic N) is 1. The van der Waals surface area contributed by atoms with Crippen molar-refractivity contribution < 1.29 is 4.74 Å². The fraction of sp³-hybridized carbons (Fsp3) is 0.588. The molecule has 4 nitrogen and oxygen atoms in total. The Morgan fingerprint density at radius 3 is 2.64 bits per heavy atom. The highest BCUT2D eigenvalue weighted by atomic mass is 127. The van der Waals surface area contributed by atoms with Crippen molar-refractivity contribution in [2.75, 3.05) is 20.7 Å². The van der Waals surface area contributed by atoms with Crippen LogP contribution in [0.2, 0.25) is 0 Å². The van der Waals surface area contributed by atoms with Gasteiger partial charge in [0.2, 0.25) is 0 Å². The molecule has 1 unspecified atom stereocenters. The molecular weight excluding hydrogens is 389 g/mol. The summed E-state index contributed by atoms with van der Waals surface area (Å²) in [7, 11) is 3.55. The highest BCUT2D eigenvalue weighted by molar-refractivity contribution is 14.0. The zero-order chi connectivity index (χ0) is 15.1. The first-order valence-corrected chi connectivity index (χ1v) is 7.84. The van der Waals surface area contributed by atoms with Crippen LogP contribution < -0.4 is 15.4 Å². The van der Waals surface area contributed by atoms with Crippen LogP contribution in [0.5, 0.6) is 5.75 Å². The van der Waals surface area contributed by atoms with E-state index >= 15 is 0 Å². The topological polar surface area (TPSA) is 45.7 Å². The Labute approximate surface area is 151 Å². The molecule has 1 atom stereocenters. The predicted molar refractivity (Wildman–Crippen MR) is 104 cm³/mol. The summed E-state index contributed by atoms with van der Waals surface area (Å²) in [5, 5.41) is 6.94. The molecule has 0 saturated heterocycles. The van der Waals surface area contributed by atoms with Crippen molar-refractivity contribution in [2.24, 2.45) is 4.99 Å². The van der Waals surface area contributed by atoms with Crippen molar-refractivity contribution >= 4 is 29.9 Å². The second kappa shape index (κ2) is 9.92. The van der Waals surface area contributed by atoms with E-state index in [0.29, 0.717) is 12.0 Å². The van der Waals surface area contributed by atoms with Crippen LogP contribution in [-0.4, -0.2) is 32.7 Å². The van der Waals surface area contributed by atoms with Crippen LogP contribution in [0.15, 0.2) is 29.3 Å². The van der Waals surface area contributed by atoms with Gasteiger partial charge in [0.05, 0.1) is 7.11 Å². The minimum atomic E-state index is 0. The van der Waals surface area contributed by atoms with Gasteiger partial charge in [-0.1, -0.05) is 38.0 Å². The summed E-state index contributed by atoms with van der Waals surface area (Å²) in [5.41, 5.74) is 1.23. The maximum absolute atomic E-state index is 5.43. The molecule has 124 valence electrons. The van der Waals surface area contributed by atoms with E-state index in [1.165, 1.54) is 31.2 Å². The molecule has 0 radical (unpaired) electrons. The molecule has 1 aromatic rings. The van der Waals surface area contributed by atoms with Crippen LogP contribution in [0.25, 0.3) is 0 Å². The molecule has 1 aliphatic carbocycles. The summed E-state index contributed by atoms with van der Waals surface area (Å²) in [4.78, 5) is 4.32. The molecule has 1 fully saturated rings. The van der Waals surface area contributed by atoms with Gasteiger partial charge in [-0.3, -0.25) is 4.99 Å². The third-order valence-electron chi connectivity index (χ3n) is 4.17. The van der Waals surface area contributed by atoms with Crippen LogP contribution in [0.4, 0.5) is 0 Å². The van der Waals surface area contributed by atoms with E-state index in [9.17, 15) is 0 Å². The van der Waals surface area contributed by atoms with E-state index in [4.69, 9.17) is 4.74 Å². The van der Waals surface area contributed by atoms with Gasteiger partial charge in [-0.2, -0.15) is 0 Å². The number of hydrogen-bond acceptors (Lipinski definition) is 2. The quantitative estimate of drug-likeness (QED) is 0.438. The van der Waals surface area contributed by atoms with Gasteiger partial charge in [0.1, 0.15) is 5.75 Å². The molecule has 0 heterocycles. The molecular formula is C17H28IN3O. The van der Waals surface area contributed by atoms with Gasteiger partial charge in [-0.15, -0.1) is 24.0 Å². The van der Waals surface area contributed by atoms with Crippen molar-refractivity contribution in [3.63, 3.8) is 0 Å². The summed E-state index contributed by atoms with van der Waals surface area (Å²) in [6.45, 7) is 3.04. The average molecular weight is 417 g/mol. The number of halogens is 1. The van der Waals surface area contributed by atoms with Gasteiger partial charge >= 0.3 is 0 Å². The van der Waals surface area contributed by atoms with E-state index < -0.39 is 0 Å². The first-order chi connectivity index (χ1) is 10.2. The number of ether oxygens (including phenoxy) is 1. The maximum Gasteiger partial charge on any atom is 0.191 e. The van der Waals surface area contributed by atoms with Crippen LogP contribution in [0.1, 0.15) is 44.1 Å². The first kappa shape index (κ1) is 19.1. The summed E-state index contributed by atoms with van der Waals surface area (Å²) in [6, 6.07) is 8.77. The largest absolute Gasteiger partial charge is 0.496 e. The van der Waals surface area contributed by atoms with Crippen LogP contribution >= 0.6 is 24.0 Å². The molecule has 2 N–H and O–H groups in total. The summed E-state index contributed by atoms with van der Waals surface area (Å²) < 4.78 is 5.43. The number of nitrogens with one attached hydrogen (secondary N) is 2. The Kier molecular flexibility index (Phi) is 8.60. The SMILES string of the molecule is CN=C(NCC(C)c1ccccc1OC)NC1CCCC1.I. The van der Waals surface area contributed by atoms with E-state index in [1.54, 1.807) is 7.11 Å². The van der Waals surface area contributed by atoms with Crippen molar-refractivity contribution in [3.8, 4) is 5.75 Å². The minimum absolute atomic E-state index is 0.